The fourth-order valence-corrected chi connectivity index (χ4v) is 3.27. The number of benzene rings is 1. The SMILES string of the molecule is CCCSc1ccc(N)c(NC(=O)CC2(OC)CCC2)c1. The molecular formula is C16H24N2O2S. The Morgan fingerprint density at radius 1 is 1.48 bits per heavy atom. The molecule has 1 saturated carbocycles. The Morgan fingerprint density at radius 2 is 2.24 bits per heavy atom. The van der Waals surface area contributed by atoms with Crippen molar-refractivity contribution in [3.05, 3.63) is 18.2 Å². The molecule has 1 aromatic rings. The fourth-order valence-electron chi connectivity index (χ4n) is 2.46. The third-order valence-electron chi connectivity index (χ3n) is 3.95. The number of carbonyl (C=O) groups is 1. The second-order valence-electron chi connectivity index (χ2n) is 5.56. The van der Waals surface area contributed by atoms with Gasteiger partial charge in [-0.1, -0.05) is 6.92 Å². The first kappa shape index (κ1) is 16.2. The molecule has 1 amide bonds. The van der Waals surface area contributed by atoms with E-state index in [-0.39, 0.29) is 11.5 Å². The van der Waals surface area contributed by atoms with Crippen LogP contribution < -0.4 is 11.1 Å². The number of hydrogen-bond donors (Lipinski definition) is 2. The molecule has 2 rings (SSSR count). The highest BCUT2D eigenvalue weighted by Gasteiger charge is 2.39. The first-order chi connectivity index (χ1) is 10.1. The Balaban J connectivity index is 1.99. The normalized spacial score (nSPS) is 16.3. The van der Waals surface area contributed by atoms with Crippen LogP contribution in [0.5, 0.6) is 0 Å². The molecule has 0 saturated heterocycles. The average Bonchev–Trinajstić information content (AvgIpc) is 2.43. The zero-order valence-corrected chi connectivity index (χ0v) is 13.6. The predicted molar refractivity (Wildman–Crippen MR) is 88.7 cm³/mol. The maximum Gasteiger partial charge on any atom is 0.227 e. The molecule has 0 atom stereocenters. The number of carbonyl (C=O) groups excluding carboxylic acids is 1. The lowest BCUT2D eigenvalue weighted by Crippen LogP contribution is -2.42. The van der Waals surface area contributed by atoms with Crippen LogP contribution in [0.3, 0.4) is 0 Å². The summed E-state index contributed by atoms with van der Waals surface area (Å²) in [5, 5.41) is 2.93. The van der Waals surface area contributed by atoms with Gasteiger partial charge >= 0.3 is 0 Å². The van der Waals surface area contributed by atoms with Crippen molar-refractivity contribution in [2.24, 2.45) is 0 Å². The van der Waals surface area contributed by atoms with Crippen molar-refractivity contribution in [3.63, 3.8) is 0 Å². The maximum atomic E-state index is 12.2. The average molecular weight is 308 g/mol. The Hall–Kier alpha value is -1.20. The highest BCUT2D eigenvalue weighted by molar-refractivity contribution is 7.99. The van der Waals surface area contributed by atoms with Gasteiger partial charge in [-0.05, 0) is 49.6 Å². The van der Waals surface area contributed by atoms with Gasteiger partial charge in [0.1, 0.15) is 0 Å². The van der Waals surface area contributed by atoms with Gasteiger partial charge in [0.15, 0.2) is 0 Å². The summed E-state index contributed by atoms with van der Waals surface area (Å²) < 4.78 is 5.49. The van der Waals surface area contributed by atoms with Gasteiger partial charge < -0.3 is 15.8 Å². The quantitative estimate of drug-likeness (QED) is 0.596. The van der Waals surface area contributed by atoms with Gasteiger partial charge in [0.05, 0.1) is 23.4 Å². The smallest absolute Gasteiger partial charge is 0.227 e. The summed E-state index contributed by atoms with van der Waals surface area (Å²) in [6.07, 6.45) is 4.56. The standard InChI is InChI=1S/C16H24N2O2S/c1-3-9-21-12-5-6-13(17)14(10-12)18-15(19)11-16(20-2)7-4-8-16/h5-6,10H,3-4,7-9,11,17H2,1-2H3,(H,18,19). The molecular weight excluding hydrogens is 284 g/mol. The number of nitrogens with two attached hydrogens (primary N) is 1. The van der Waals surface area contributed by atoms with Crippen molar-refractivity contribution >= 4 is 29.0 Å². The minimum Gasteiger partial charge on any atom is -0.397 e. The molecule has 0 bridgehead atoms. The van der Waals surface area contributed by atoms with Crippen LogP contribution in [-0.4, -0.2) is 24.4 Å². The second kappa shape index (κ2) is 7.18. The van der Waals surface area contributed by atoms with E-state index in [9.17, 15) is 4.79 Å². The molecule has 0 radical (unpaired) electrons. The monoisotopic (exact) mass is 308 g/mol. The number of hydrogen-bond acceptors (Lipinski definition) is 4. The van der Waals surface area contributed by atoms with Gasteiger partial charge in [-0.25, -0.2) is 0 Å². The van der Waals surface area contributed by atoms with Crippen LogP contribution in [0.4, 0.5) is 11.4 Å². The van der Waals surface area contributed by atoms with Crippen LogP contribution in [-0.2, 0) is 9.53 Å². The van der Waals surface area contributed by atoms with E-state index < -0.39 is 0 Å². The zero-order chi connectivity index (χ0) is 15.3. The maximum absolute atomic E-state index is 12.2. The van der Waals surface area contributed by atoms with E-state index in [1.807, 2.05) is 18.2 Å². The molecule has 116 valence electrons. The zero-order valence-electron chi connectivity index (χ0n) is 12.8. The molecule has 21 heavy (non-hydrogen) atoms. The molecule has 1 aliphatic rings. The summed E-state index contributed by atoms with van der Waals surface area (Å²) >= 11 is 1.77. The number of anilines is 2. The van der Waals surface area contributed by atoms with Gasteiger partial charge in [-0.15, -0.1) is 11.8 Å². The van der Waals surface area contributed by atoms with E-state index in [1.165, 1.54) is 0 Å². The lowest BCUT2D eigenvalue weighted by Gasteiger charge is -2.39. The summed E-state index contributed by atoms with van der Waals surface area (Å²) in [6.45, 7) is 2.15. The highest BCUT2D eigenvalue weighted by Crippen LogP contribution is 2.38. The number of nitrogens with one attached hydrogen (secondary N) is 1. The number of nitrogen functional groups attached to an aromatic ring is 1. The number of ether oxygens (including phenoxy) is 1. The van der Waals surface area contributed by atoms with Crippen molar-refractivity contribution in [3.8, 4) is 0 Å². The molecule has 0 unspecified atom stereocenters. The van der Waals surface area contributed by atoms with Gasteiger partial charge in [-0.2, -0.15) is 0 Å². The minimum atomic E-state index is -0.257. The molecule has 0 spiro atoms. The van der Waals surface area contributed by atoms with Crippen molar-refractivity contribution in [2.75, 3.05) is 23.9 Å². The lowest BCUT2D eigenvalue weighted by molar-refractivity contribution is -0.129. The molecule has 3 N–H and O–H groups in total. The van der Waals surface area contributed by atoms with Crippen molar-refractivity contribution < 1.29 is 9.53 Å². The van der Waals surface area contributed by atoms with Crippen LogP contribution in [0.15, 0.2) is 23.1 Å². The topological polar surface area (TPSA) is 64.3 Å². The largest absolute Gasteiger partial charge is 0.397 e. The van der Waals surface area contributed by atoms with Crippen LogP contribution >= 0.6 is 11.8 Å². The van der Waals surface area contributed by atoms with Crippen molar-refractivity contribution in [1.29, 1.82) is 0 Å². The van der Waals surface area contributed by atoms with Crippen molar-refractivity contribution in [1.82, 2.24) is 0 Å². The predicted octanol–water partition coefficient (Wildman–Crippen LogP) is 3.67. The van der Waals surface area contributed by atoms with Crippen molar-refractivity contribution in [2.45, 2.75) is 49.5 Å². The molecule has 5 heteroatoms. The molecule has 0 heterocycles. The first-order valence-corrected chi connectivity index (χ1v) is 8.44. The second-order valence-corrected chi connectivity index (χ2v) is 6.73. The molecule has 1 fully saturated rings. The molecule has 0 aliphatic heterocycles. The van der Waals surface area contributed by atoms with E-state index in [1.54, 1.807) is 18.9 Å². The van der Waals surface area contributed by atoms with Gasteiger partial charge in [0, 0.05) is 12.0 Å². The Bertz CT molecular complexity index is 496. The van der Waals surface area contributed by atoms with Crippen LogP contribution in [0.1, 0.15) is 39.0 Å². The molecule has 1 aliphatic carbocycles. The number of thioether (sulfide) groups is 1. The summed E-state index contributed by atoms with van der Waals surface area (Å²) in [4.78, 5) is 13.3. The molecule has 4 nitrogen and oxygen atoms in total. The first-order valence-electron chi connectivity index (χ1n) is 7.46. The number of rotatable bonds is 7. The van der Waals surface area contributed by atoms with E-state index in [0.29, 0.717) is 17.8 Å². The number of amides is 1. The molecule has 0 aromatic heterocycles. The Morgan fingerprint density at radius 3 is 2.81 bits per heavy atom. The van der Waals surface area contributed by atoms with Crippen LogP contribution in [0.25, 0.3) is 0 Å². The van der Waals surface area contributed by atoms with Crippen LogP contribution in [0, 0.1) is 0 Å². The van der Waals surface area contributed by atoms with E-state index in [2.05, 4.69) is 12.2 Å². The third-order valence-corrected chi connectivity index (χ3v) is 5.15. The molecule has 1 aromatic carbocycles. The lowest BCUT2D eigenvalue weighted by atomic mass is 9.77. The Labute approximate surface area is 130 Å². The summed E-state index contributed by atoms with van der Waals surface area (Å²) in [5.41, 5.74) is 7.00. The van der Waals surface area contributed by atoms with Gasteiger partial charge in [0.25, 0.3) is 0 Å². The van der Waals surface area contributed by atoms with Gasteiger partial charge in [0.2, 0.25) is 5.91 Å². The van der Waals surface area contributed by atoms with E-state index >= 15 is 0 Å². The minimum absolute atomic E-state index is 0.0270. The fraction of sp³-hybridized carbons (Fsp3) is 0.562. The summed E-state index contributed by atoms with van der Waals surface area (Å²) in [6, 6.07) is 5.80. The van der Waals surface area contributed by atoms with Gasteiger partial charge in [-0.3, -0.25) is 4.79 Å². The Kier molecular flexibility index (Phi) is 5.53. The summed E-state index contributed by atoms with van der Waals surface area (Å²) in [5.74, 6) is 1.03. The van der Waals surface area contributed by atoms with Crippen LogP contribution in [0.2, 0.25) is 0 Å². The number of methoxy groups -OCH3 is 1. The van der Waals surface area contributed by atoms with E-state index in [4.69, 9.17) is 10.5 Å². The summed E-state index contributed by atoms with van der Waals surface area (Å²) in [7, 11) is 1.68. The highest BCUT2D eigenvalue weighted by atomic mass is 32.2. The third kappa shape index (κ3) is 4.14. The van der Waals surface area contributed by atoms with E-state index in [0.717, 1.165) is 36.3 Å².